The van der Waals surface area contributed by atoms with Gasteiger partial charge in [-0.25, -0.2) is 0 Å². The zero-order valence-corrected chi connectivity index (χ0v) is 15.7. The second kappa shape index (κ2) is 7.94. The number of benzene rings is 1. The lowest BCUT2D eigenvalue weighted by Gasteiger charge is -2.26. The lowest BCUT2D eigenvalue weighted by molar-refractivity contribution is -0.140. The minimum absolute atomic E-state index is 0.0815. The predicted octanol–water partition coefficient (Wildman–Crippen LogP) is 3.23. The summed E-state index contributed by atoms with van der Waals surface area (Å²) in [5, 5.41) is 0.846. The average Bonchev–Trinajstić information content (AvgIpc) is 3.24. The quantitative estimate of drug-likeness (QED) is 0.732. The molecular weight excluding hydrogens is 363 g/mol. The first-order valence-corrected chi connectivity index (χ1v) is 9.39. The van der Waals surface area contributed by atoms with E-state index in [0.29, 0.717) is 54.3 Å². The van der Waals surface area contributed by atoms with E-state index in [1.54, 1.807) is 28.0 Å². The molecule has 2 heterocycles. The van der Waals surface area contributed by atoms with E-state index in [0.717, 1.165) is 13.0 Å². The first kappa shape index (κ1) is 18.5. The van der Waals surface area contributed by atoms with E-state index in [-0.39, 0.29) is 11.8 Å². The van der Waals surface area contributed by atoms with Crippen LogP contribution < -0.4 is 4.90 Å². The number of carbonyl (C=O) groups excluding carboxylic acids is 2. The van der Waals surface area contributed by atoms with Gasteiger partial charge in [0.05, 0.1) is 16.7 Å². The third-order valence-corrected chi connectivity index (χ3v) is 5.65. The molecule has 5 nitrogen and oxygen atoms in total. The second-order valence-electron chi connectivity index (χ2n) is 6.54. The van der Waals surface area contributed by atoms with E-state index in [9.17, 15) is 9.59 Å². The Balaban J connectivity index is 1.69. The van der Waals surface area contributed by atoms with E-state index < -0.39 is 5.92 Å². The zero-order chi connectivity index (χ0) is 18.0. The molecule has 0 N–H and O–H groups in total. The standard InChI is InChI=1S/C18H22Cl2N2O3/c1-2-21(10-12-6-8-25-11-12)17(23)14-5-7-22(18(14)24)13-3-4-15(19)16(20)9-13/h3-4,9,12,14H,2,5-8,10-11H2,1H3/t12-,14-/m1/s1. The van der Waals surface area contributed by atoms with Gasteiger partial charge in [0.2, 0.25) is 11.8 Å². The van der Waals surface area contributed by atoms with Crippen molar-refractivity contribution in [2.75, 3.05) is 37.7 Å². The number of rotatable bonds is 5. The van der Waals surface area contributed by atoms with Gasteiger partial charge in [0.25, 0.3) is 0 Å². The minimum atomic E-state index is -0.614. The molecule has 0 bridgehead atoms. The molecule has 7 heteroatoms. The molecule has 1 aromatic rings. The normalized spacial score (nSPS) is 23.3. The molecule has 0 aromatic heterocycles. The third kappa shape index (κ3) is 3.94. The van der Waals surface area contributed by atoms with Gasteiger partial charge in [-0.1, -0.05) is 23.2 Å². The van der Waals surface area contributed by atoms with E-state index in [1.165, 1.54) is 0 Å². The van der Waals surface area contributed by atoms with Crippen molar-refractivity contribution in [1.29, 1.82) is 0 Å². The summed E-state index contributed by atoms with van der Waals surface area (Å²) in [5.41, 5.74) is 0.682. The monoisotopic (exact) mass is 384 g/mol. The van der Waals surface area contributed by atoms with Gasteiger partial charge in [0, 0.05) is 37.8 Å². The number of carbonyl (C=O) groups is 2. The van der Waals surface area contributed by atoms with Crippen molar-refractivity contribution in [2.24, 2.45) is 11.8 Å². The highest BCUT2D eigenvalue weighted by atomic mass is 35.5. The Bertz CT molecular complexity index is 662. The molecule has 136 valence electrons. The highest BCUT2D eigenvalue weighted by Gasteiger charge is 2.40. The van der Waals surface area contributed by atoms with Gasteiger partial charge >= 0.3 is 0 Å². The summed E-state index contributed by atoms with van der Waals surface area (Å²) in [5.74, 6) is -0.491. The van der Waals surface area contributed by atoms with Crippen LogP contribution in [-0.2, 0) is 14.3 Å². The Hall–Kier alpha value is -1.30. The Morgan fingerprint density at radius 2 is 2.12 bits per heavy atom. The maximum absolute atomic E-state index is 12.9. The Morgan fingerprint density at radius 3 is 2.76 bits per heavy atom. The number of nitrogens with zero attached hydrogens (tertiary/aromatic N) is 2. The van der Waals surface area contributed by atoms with Gasteiger partial charge in [-0.05, 0) is 38.0 Å². The molecule has 0 saturated carbocycles. The Labute approximate surface area is 157 Å². The maximum Gasteiger partial charge on any atom is 0.239 e. The average molecular weight is 385 g/mol. The fraction of sp³-hybridized carbons (Fsp3) is 0.556. The summed E-state index contributed by atoms with van der Waals surface area (Å²) < 4.78 is 5.39. The van der Waals surface area contributed by atoms with Gasteiger partial charge in [-0.2, -0.15) is 0 Å². The molecule has 25 heavy (non-hydrogen) atoms. The largest absolute Gasteiger partial charge is 0.381 e. The SMILES string of the molecule is CCN(C[C@H]1CCOC1)C(=O)[C@H]1CCN(c2ccc(Cl)c(Cl)c2)C1=O. The first-order valence-electron chi connectivity index (χ1n) is 8.64. The maximum atomic E-state index is 12.9. The van der Waals surface area contributed by atoms with Crippen LogP contribution in [0.4, 0.5) is 5.69 Å². The topological polar surface area (TPSA) is 49.9 Å². The molecule has 0 spiro atoms. The Morgan fingerprint density at radius 1 is 1.32 bits per heavy atom. The zero-order valence-electron chi connectivity index (χ0n) is 14.2. The summed E-state index contributed by atoms with van der Waals surface area (Å²) >= 11 is 12.0. The van der Waals surface area contributed by atoms with Crippen LogP contribution in [0.3, 0.4) is 0 Å². The minimum Gasteiger partial charge on any atom is -0.381 e. The molecule has 1 aromatic carbocycles. The second-order valence-corrected chi connectivity index (χ2v) is 7.35. The van der Waals surface area contributed by atoms with Crippen LogP contribution in [0.2, 0.25) is 10.0 Å². The molecule has 2 atom stereocenters. The summed E-state index contributed by atoms with van der Waals surface area (Å²) in [4.78, 5) is 29.1. The first-order chi connectivity index (χ1) is 12.0. The predicted molar refractivity (Wildman–Crippen MR) is 98.1 cm³/mol. The molecule has 0 unspecified atom stereocenters. The van der Waals surface area contributed by atoms with Gasteiger partial charge in [0.15, 0.2) is 0 Å². The highest BCUT2D eigenvalue weighted by Crippen LogP contribution is 2.31. The van der Waals surface area contributed by atoms with E-state index in [4.69, 9.17) is 27.9 Å². The molecular formula is C18H22Cl2N2O3. The van der Waals surface area contributed by atoms with Crippen LogP contribution in [0, 0.1) is 11.8 Å². The van der Waals surface area contributed by atoms with Crippen LogP contribution in [0.25, 0.3) is 0 Å². The summed E-state index contributed by atoms with van der Waals surface area (Å²) in [6.07, 6.45) is 1.49. The van der Waals surface area contributed by atoms with Crippen LogP contribution in [0.1, 0.15) is 19.8 Å². The van der Waals surface area contributed by atoms with Crippen molar-refractivity contribution in [3.8, 4) is 0 Å². The number of halogens is 2. The van der Waals surface area contributed by atoms with E-state index in [1.807, 2.05) is 6.92 Å². The summed E-state index contributed by atoms with van der Waals surface area (Å²) in [6, 6.07) is 5.09. The van der Waals surface area contributed by atoms with Crippen LogP contribution in [-0.4, -0.2) is 49.6 Å². The molecule has 2 saturated heterocycles. The fourth-order valence-electron chi connectivity index (χ4n) is 3.45. The van der Waals surface area contributed by atoms with E-state index in [2.05, 4.69) is 0 Å². The fourth-order valence-corrected chi connectivity index (χ4v) is 3.74. The molecule has 2 aliphatic heterocycles. The highest BCUT2D eigenvalue weighted by molar-refractivity contribution is 6.42. The summed E-state index contributed by atoms with van der Waals surface area (Å²) in [6.45, 7) is 5.17. The molecule has 2 fully saturated rings. The smallest absolute Gasteiger partial charge is 0.239 e. The van der Waals surface area contributed by atoms with Crippen molar-refractivity contribution >= 4 is 40.7 Å². The molecule has 2 aliphatic rings. The van der Waals surface area contributed by atoms with Gasteiger partial charge in [-0.3, -0.25) is 9.59 Å². The van der Waals surface area contributed by atoms with Crippen molar-refractivity contribution in [2.45, 2.75) is 19.8 Å². The van der Waals surface area contributed by atoms with Gasteiger partial charge < -0.3 is 14.5 Å². The van der Waals surface area contributed by atoms with Crippen LogP contribution >= 0.6 is 23.2 Å². The number of anilines is 1. The lowest BCUT2D eigenvalue weighted by Crippen LogP contribution is -2.42. The lowest BCUT2D eigenvalue weighted by atomic mass is 10.0. The third-order valence-electron chi connectivity index (χ3n) is 4.91. The van der Waals surface area contributed by atoms with Gasteiger partial charge in [-0.15, -0.1) is 0 Å². The molecule has 3 rings (SSSR count). The molecule has 2 amide bonds. The number of amides is 2. The molecule has 0 radical (unpaired) electrons. The van der Waals surface area contributed by atoms with Gasteiger partial charge in [0.1, 0.15) is 5.92 Å². The van der Waals surface area contributed by atoms with Crippen molar-refractivity contribution in [1.82, 2.24) is 4.90 Å². The van der Waals surface area contributed by atoms with Crippen molar-refractivity contribution in [3.63, 3.8) is 0 Å². The Kier molecular flexibility index (Phi) is 5.87. The van der Waals surface area contributed by atoms with Crippen molar-refractivity contribution in [3.05, 3.63) is 28.2 Å². The number of hydrogen-bond acceptors (Lipinski definition) is 3. The van der Waals surface area contributed by atoms with Crippen LogP contribution in [0.15, 0.2) is 18.2 Å². The van der Waals surface area contributed by atoms with Crippen molar-refractivity contribution < 1.29 is 14.3 Å². The van der Waals surface area contributed by atoms with Crippen LogP contribution in [0.5, 0.6) is 0 Å². The van der Waals surface area contributed by atoms with E-state index >= 15 is 0 Å². The number of ether oxygens (including phenoxy) is 1. The molecule has 0 aliphatic carbocycles. The summed E-state index contributed by atoms with van der Waals surface area (Å²) in [7, 11) is 0. The number of hydrogen-bond donors (Lipinski definition) is 0.